The Morgan fingerprint density at radius 2 is 1.69 bits per heavy atom. The number of hydrogen-bond acceptors (Lipinski definition) is 4. The van der Waals surface area contributed by atoms with Crippen LogP contribution in [0, 0.1) is 20.8 Å². The third-order valence-electron chi connectivity index (χ3n) is 6.12. The third-order valence-corrected chi connectivity index (χ3v) is 6.12. The number of ether oxygens (including phenoxy) is 1. The van der Waals surface area contributed by atoms with Gasteiger partial charge in [-0.2, -0.15) is 5.10 Å². The third kappa shape index (κ3) is 6.51. The molecule has 0 aliphatic heterocycles. The molecule has 3 rings (SSSR count). The molecular formula is C28H37N5O3. The van der Waals surface area contributed by atoms with Gasteiger partial charge in [-0.3, -0.25) is 4.79 Å². The predicted molar refractivity (Wildman–Crippen MR) is 144 cm³/mol. The highest BCUT2D eigenvalue weighted by molar-refractivity contribution is 5.97. The Hall–Kier alpha value is -3.65. The van der Waals surface area contributed by atoms with Gasteiger partial charge in [0, 0.05) is 30.8 Å². The van der Waals surface area contributed by atoms with Crippen molar-refractivity contribution in [3.05, 3.63) is 70.9 Å². The van der Waals surface area contributed by atoms with Crippen LogP contribution in [0.2, 0.25) is 0 Å². The van der Waals surface area contributed by atoms with Crippen molar-refractivity contribution in [3.63, 3.8) is 0 Å². The lowest BCUT2D eigenvalue weighted by atomic mass is 9.92. The maximum Gasteiger partial charge on any atom is 0.322 e. The summed E-state index contributed by atoms with van der Waals surface area (Å²) in [6.07, 6.45) is 0. The summed E-state index contributed by atoms with van der Waals surface area (Å²) in [5.41, 5.74) is 5.34. The van der Waals surface area contributed by atoms with Crippen LogP contribution in [0.4, 0.5) is 16.3 Å². The average Bonchev–Trinajstić information content (AvgIpc) is 3.23. The van der Waals surface area contributed by atoms with Crippen molar-refractivity contribution in [2.75, 3.05) is 37.4 Å². The number of para-hydroxylation sites is 1. The molecule has 0 radical (unpaired) electrons. The van der Waals surface area contributed by atoms with Gasteiger partial charge in [0.15, 0.2) is 0 Å². The fourth-order valence-electron chi connectivity index (χ4n) is 3.71. The fourth-order valence-corrected chi connectivity index (χ4v) is 3.71. The number of nitrogens with one attached hydrogen (secondary N) is 2. The number of rotatable bonds is 8. The van der Waals surface area contributed by atoms with Crippen molar-refractivity contribution in [1.29, 1.82) is 0 Å². The molecule has 1 aromatic heterocycles. The number of carbonyl (C=O) groups is 2. The van der Waals surface area contributed by atoms with Gasteiger partial charge in [0.2, 0.25) is 5.91 Å². The summed E-state index contributed by atoms with van der Waals surface area (Å²) < 4.78 is 6.93. The van der Waals surface area contributed by atoms with Gasteiger partial charge in [-0.25, -0.2) is 9.48 Å². The lowest BCUT2D eigenvalue weighted by Gasteiger charge is -2.23. The Bertz CT molecular complexity index is 1230. The summed E-state index contributed by atoms with van der Waals surface area (Å²) in [4.78, 5) is 27.7. The van der Waals surface area contributed by atoms with E-state index in [2.05, 4.69) is 31.4 Å². The Morgan fingerprint density at radius 1 is 1.00 bits per heavy atom. The lowest BCUT2D eigenvalue weighted by molar-refractivity contribution is -0.116. The van der Waals surface area contributed by atoms with Crippen molar-refractivity contribution in [3.8, 4) is 5.69 Å². The van der Waals surface area contributed by atoms with Crippen LogP contribution in [-0.4, -0.2) is 53.4 Å². The smallest absolute Gasteiger partial charge is 0.322 e. The molecule has 0 bridgehead atoms. The molecular weight excluding hydrogens is 454 g/mol. The molecule has 192 valence electrons. The van der Waals surface area contributed by atoms with Crippen LogP contribution in [0.5, 0.6) is 0 Å². The van der Waals surface area contributed by atoms with Crippen molar-refractivity contribution >= 4 is 23.4 Å². The number of urea groups is 1. The first-order valence-corrected chi connectivity index (χ1v) is 12.1. The predicted octanol–water partition coefficient (Wildman–Crippen LogP) is 5.21. The number of hydrogen-bond donors (Lipinski definition) is 2. The van der Waals surface area contributed by atoms with Crippen LogP contribution in [0.1, 0.15) is 43.2 Å². The molecule has 8 nitrogen and oxygen atoms in total. The van der Waals surface area contributed by atoms with Crippen LogP contribution in [0.3, 0.4) is 0 Å². The monoisotopic (exact) mass is 491 g/mol. The lowest BCUT2D eigenvalue weighted by Crippen LogP contribution is -2.42. The molecule has 1 heterocycles. The fraction of sp³-hybridized carbons (Fsp3) is 0.393. The van der Waals surface area contributed by atoms with Crippen LogP contribution in [-0.2, 0) is 14.9 Å². The summed E-state index contributed by atoms with van der Waals surface area (Å²) in [5.74, 6) is 0.235. The van der Waals surface area contributed by atoms with Gasteiger partial charge in [0.25, 0.3) is 0 Å². The molecule has 0 saturated heterocycles. The normalized spacial score (nSPS) is 11.3. The Kier molecular flexibility index (Phi) is 8.53. The quantitative estimate of drug-likeness (QED) is 0.453. The SMILES string of the molecule is COCCN(CC(=O)Nc1cc(C(C)(C)C)nn1-c1ccccc1C)C(=O)Nc1cccc(C)c1C. The first kappa shape index (κ1) is 26.9. The van der Waals surface area contributed by atoms with E-state index in [1.807, 2.05) is 69.3 Å². The number of benzene rings is 2. The first-order chi connectivity index (χ1) is 17.0. The van der Waals surface area contributed by atoms with E-state index in [0.29, 0.717) is 12.4 Å². The Balaban J connectivity index is 1.83. The number of anilines is 2. The highest BCUT2D eigenvalue weighted by Gasteiger charge is 2.24. The molecule has 0 aliphatic rings. The second-order valence-electron chi connectivity index (χ2n) is 10.0. The van der Waals surface area contributed by atoms with E-state index < -0.39 is 0 Å². The number of carbonyl (C=O) groups excluding carboxylic acids is 2. The largest absolute Gasteiger partial charge is 0.383 e. The first-order valence-electron chi connectivity index (χ1n) is 12.1. The van der Waals surface area contributed by atoms with E-state index in [4.69, 9.17) is 9.84 Å². The van der Waals surface area contributed by atoms with Gasteiger partial charge in [-0.05, 0) is 49.6 Å². The minimum atomic E-state index is -0.362. The zero-order chi connectivity index (χ0) is 26.5. The molecule has 2 aromatic carbocycles. The molecule has 3 aromatic rings. The maximum atomic E-state index is 13.2. The summed E-state index contributed by atoms with van der Waals surface area (Å²) in [5, 5.41) is 10.7. The second kappa shape index (κ2) is 11.4. The van der Waals surface area contributed by atoms with Crippen molar-refractivity contribution in [2.45, 2.75) is 47.0 Å². The molecule has 0 aliphatic carbocycles. The highest BCUT2D eigenvalue weighted by atomic mass is 16.5. The molecule has 0 unspecified atom stereocenters. The zero-order valence-electron chi connectivity index (χ0n) is 22.3. The van der Waals surface area contributed by atoms with E-state index in [-0.39, 0.29) is 30.4 Å². The van der Waals surface area contributed by atoms with Gasteiger partial charge < -0.3 is 20.3 Å². The van der Waals surface area contributed by atoms with Crippen molar-refractivity contribution < 1.29 is 14.3 Å². The second-order valence-corrected chi connectivity index (χ2v) is 10.0. The van der Waals surface area contributed by atoms with Gasteiger partial charge in [-0.1, -0.05) is 51.1 Å². The van der Waals surface area contributed by atoms with Crippen LogP contribution in [0.25, 0.3) is 5.69 Å². The van der Waals surface area contributed by atoms with Gasteiger partial charge in [-0.15, -0.1) is 0 Å². The topological polar surface area (TPSA) is 88.5 Å². The Morgan fingerprint density at radius 3 is 2.36 bits per heavy atom. The van der Waals surface area contributed by atoms with E-state index >= 15 is 0 Å². The summed E-state index contributed by atoms with van der Waals surface area (Å²) >= 11 is 0. The maximum absolute atomic E-state index is 13.2. The van der Waals surface area contributed by atoms with E-state index in [1.165, 1.54) is 4.90 Å². The molecule has 8 heteroatoms. The number of amides is 3. The molecule has 3 amide bonds. The minimum absolute atomic E-state index is 0.135. The number of aryl methyl sites for hydroxylation is 2. The number of methoxy groups -OCH3 is 1. The van der Waals surface area contributed by atoms with Gasteiger partial charge in [0.05, 0.1) is 18.0 Å². The minimum Gasteiger partial charge on any atom is -0.383 e. The molecule has 2 N–H and O–H groups in total. The Labute approximate surface area is 213 Å². The van der Waals surface area contributed by atoms with Crippen LogP contribution in [0.15, 0.2) is 48.5 Å². The number of nitrogens with zero attached hydrogens (tertiary/aromatic N) is 3. The standard InChI is InChI=1S/C28H37N5O3/c1-19-12-10-13-22(21(19)3)29-27(35)32(15-16-36-7)18-26(34)30-25-17-24(28(4,5)6)31-33(25)23-14-9-8-11-20(23)2/h8-14,17H,15-16,18H2,1-7H3,(H,29,35)(H,30,34). The molecule has 36 heavy (non-hydrogen) atoms. The summed E-state index contributed by atoms with van der Waals surface area (Å²) in [6.45, 7) is 12.6. The van der Waals surface area contributed by atoms with Gasteiger partial charge in [0.1, 0.15) is 12.4 Å². The van der Waals surface area contributed by atoms with Crippen LogP contribution >= 0.6 is 0 Å². The van der Waals surface area contributed by atoms with Crippen molar-refractivity contribution in [2.24, 2.45) is 0 Å². The van der Waals surface area contributed by atoms with E-state index in [9.17, 15) is 9.59 Å². The molecule has 0 saturated carbocycles. The average molecular weight is 492 g/mol. The summed E-state index contributed by atoms with van der Waals surface area (Å²) in [7, 11) is 1.57. The molecule has 0 fully saturated rings. The molecule has 0 spiro atoms. The van der Waals surface area contributed by atoms with Crippen LogP contribution < -0.4 is 10.6 Å². The highest BCUT2D eigenvalue weighted by Crippen LogP contribution is 2.27. The van der Waals surface area contributed by atoms with Gasteiger partial charge >= 0.3 is 6.03 Å². The zero-order valence-corrected chi connectivity index (χ0v) is 22.3. The van der Waals surface area contributed by atoms with Crippen molar-refractivity contribution in [1.82, 2.24) is 14.7 Å². The number of aromatic nitrogens is 2. The summed E-state index contributed by atoms with van der Waals surface area (Å²) in [6, 6.07) is 15.1. The van der Waals surface area contributed by atoms with E-state index in [1.54, 1.807) is 11.8 Å². The van der Waals surface area contributed by atoms with E-state index in [0.717, 1.165) is 33.8 Å². The molecule has 0 atom stereocenters.